The Labute approximate surface area is 143 Å². The van der Waals surface area contributed by atoms with E-state index in [2.05, 4.69) is 5.32 Å². The van der Waals surface area contributed by atoms with Gasteiger partial charge in [-0.1, -0.05) is 6.42 Å². The summed E-state index contributed by atoms with van der Waals surface area (Å²) in [6.07, 6.45) is 4.00. The molecule has 2 aliphatic rings. The van der Waals surface area contributed by atoms with Crippen LogP contribution in [0.5, 0.6) is 17.2 Å². The van der Waals surface area contributed by atoms with E-state index in [9.17, 15) is 4.79 Å². The highest BCUT2D eigenvalue weighted by Gasteiger charge is 2.19. The Morgan fingerprint density at radius 1 is 1.21 bits per heavy atom. The van der Waals surface area contributed by atoms with E-state index in [-0.39, 0.29) is 5.91 Å². The minimum atomic E-state index is 0.287. The third kappa shape index (κ3) is 4.12. The summed E-state index contributed by atoms with van der Waals surface area (Å²) in [5.41, 5.74) is 1.08. The second-order valence-electron chi connectivity index (χ2n) is 6.19. The summed E-state index contributed by atoms with van der Waals surface area (Å²) in [7, 11) is 1.63. The van der Waals surface area contributed by atoms with Gasteiger partial charge in [-0.25, -0.2) is 0 Å². The van der Waals surface area contributed by atoms with Gasteiger partial charge in [-0.3, -0.25) is 4.79 Å². The van der Waals surface area contributed by atoms with Crippen LogP contribution in [0.1, 0.15) is 31.2 Å². The Morgan fingerprint density at radius 3 is 2.96 bits per heavy atom. The molecule has 0 radical (unpaired) electrons. The number of nitrogens with one attached hydrogen (secondary N) is 1. The summed E-state index contributed by atoms with van der Waals surface area (Å²) in [5, 5.41) is 3.40. The van der Waals surface area contributed by atoms with Crippen LogP contribution in [-0.2, 0) is 11.3 Å². The molecular weight excluding hydrogens is 308 g/mol. The number of hydrogen-bond acceptors (Lipinski definition) is 5. The summed E-state index contributed by atoms with van der Waals surface area (Å²) in [6, 6.07) is 3.96. The van der Waals surface area contributed by atoms with E-state index in [1.54, 1.807) is 7.11 Å². The molecule has 132 valence electrons. The molecule has 0 unspecified atom stereocenters. The van der Waals surface area contributed by atoms with Crippen molar-refractivity contribution in [2.75, 3.05) is 40.0 Å². The van der Waals surface area contributed by atoms with E-state index in [1.807, 2.05) is 17.0 Å². The Morgan fingerprint density at radius 2 is 2.08 bits per heavy atom. The Balaban J connectivity index is 1.52. The summed E-state index contributed by atoms with van der Waals surface area (Å²) in [5.74, 6) is 2.41. The maximum atomic E-state index is 12.0. The van der Waals surface area contributed by atoms with Crippen molar-refractivity contribution in [2.24, 2.45) is 0 Å². The monoisotopic (exact) mass is 334 g/mol. The molecule has 1 amide bonds. The van der Waals surface area contributed by atoms with Crippen molar-refractivity contribution < 1.29 is 19.0 Å². The van der Waals surface area contributed by atoms with Gasteiger partial charge in [-0.05, 0) is 30.5 Å². The number of nitrogens with zero attached hydrogens (tertiary/aromatic N) is 1. The van der Waals surface area contributed by atoms with Crippen LogP contribution in [0.25, 0.3) is 0 Å². The summed E-state index contributed by atoms with van der Waals surface area (Å²) in [6.45, 7) is 4.24. The Kier molecular flexibility index (Phi) is 5.80. The van der Waals surface area contributed by atoms with Crippen molar-refractivity contribution >= 4 is 5.91 Å². The van der Waals surface area contributed by atoms with Gasteiger partial charge >= 0.3 is 0 Å². The van der Waals surface area contributed by atoms with E-state index in [1.165, 1.54) is 0 Å². The maximum Gasteiger partial charge on any atom is 0.222 e. The molecule has 1 aromatic carbocycles. The lowest BCUT2D eigenvalue weighted by molar-refractivity contribution is -0.130. The number of rotatable bonds is 6. The molecule has 1 saturated heterocycles. The van der Waals surface area contributed by atoms with Crippen LogP contribution in [0.4, 0.5) is 0 Å². The first-order valence-electron chi connectivity index (χ1n) is 8.73. The molecule has 1 aromatic rings. The van der Waals surface area contributed by atoms with Gasteiger partial charge in [0.15, 0.2) is 11.5 Å². The minimum Gasteiger partial charge on any atom is -0.493 e. The molecule has 1 N–H and O–H groups in total. The first-order chi connectivity index (χ1) is 11.8. The van der Waals surface area contributed by atoms with Crippen LogP contribution in [-0.4, -0.2) is 50.8 Å². The topological polar surface area (TPSA) is 60.0 Å². The Hall–Kier alpha value is -1.95. The minimum absolute atomic E-state index is 0.287. The molecule has 0 aromatic heterocycles. The number of benzene rings is 1. The third-order valence-electron chi connectivity index (χ3n) is 4.45. The van der Waals surface area contributed by atoms with Crippen LogP contribution < -0.4 is 19.5 Å². The van der Waals surface area contributed by atoms with Gasteiger partial charge in [0.1, 0.15) is 13.2 Å². The van der Waals surface area contributed by atoms with Gasteiger partial charge in [0.25, 0.3) is 0 Å². The molecule has 0 saturated carbocycles. The highest BCUT2D eigenvalue weighted by molar-refractivity contribution is 5.76. The van der Waals surface area contributed by atoms with Gasteiger partial charge < -0.3 is 24.4 Å². The van der Waals surface area contributed by atoms with Crippen LogP contribution in [0, 0.1) is 0 Å². The van der Waals surface area contributed by atoms with Crippen molar-refractivity contribution in [3.63, 3.8) is 0 Å². The molecule has 0 aliphatic carbocycles. The van der Waals surface area contributed by atoms with Crippen LogP contribution >= 0.6 is 0 Å². The second-order valence-corrected chi connectivity index (χ2v) is 6.19. The first-order valence-corrected chi connectivity index (χ1v) is 8.73. The zero-order valence-corrected chi connectivity index (χ0v) is 14.3. The molecule has 0 spiro atoms. The zero-order valence-electron chi connectivity index (χ0n) is 14.3. The van der Waals surface area contributed by atoms with Gasteiger partial charge in [0, 0.05) is 32.6 Å². The van der Waals surface area contributed by atoms with Gasteiger partial charge in [0.2, 0.25) is 11.7 Å². The smallest absolute Gasteiger partial charge is 0.222 e. The van der Waals surface area contributed by atoms with Crippen molar-refractivity contribution in [1.29, 1.82) is 0 Å². The third-order valence-corrected chi connectivity index (χ3v) is 4.45. The van der Waals surface area contributed by atoms with Crippen LogP contribution in [0.3, 0.4) is 0 Å². The summed E-state index contributed by atoms with van der Waals surface area (Å²) in [4.78, 5) is 14.0. The van der Waals surface area contributed by atoms with Crippen molar-refractivity contribution in [3.05, 3.63) is 17.7 Å². The molecule has 24 heavy (non-hydrogen) atoms. The summed E-state index contributed by atoms with van der Waals surface area (Å²) < 4.78 is 16.7. The number of ether oxygens (including phenoxy) is 3. The summed E-state index contributed by atoms with van der Waals surface area (Å²) >= 11 is 0. The lowest BCUT2D eigenvalue weighted by Gasteiger charge is -2.22. The fourth-order valence-corrected chi connectivity index (χ4v) is 3.15. The van der Waals surface area contributed by atoms with Crippen molar-refractivity contribution in [2.45, 2.75) is 32.2 Å². The predicted molar refractivity (Wildman–Crippen MR) is 90.7 cm³/mol. The highest BCUT2D eigenvalue weighted by Crippen LogP contribution is 2.40. The average Bonchev–Trinajstić information content (AvgIpc) is 2.82. The standard InChI is InChI=1S/C18H26N2O4/c1-22-15-11-14(12-16-18(15)24-10-9-23-16)13-19-6-8-20-7-4-2-3-5-17(20)21/h11-12,19H,2-10,13H2,1H3. The molecule has 0 bridgehead atoms. The quantitative estimate of drug-likeness (QED) is 0.806. The average molecular weight is 334 g/mol. The van der Waals surface area contributed by atoms with E-state index in [0.717, 1.165) is 50.2 Å². The Bertz CT molecular complexity index is 559. The molecule has 6 heteroatoms. The van der Waals surface area contributed by atoms with E-state index in [4.69, 9.17) is 14.2 Å². The number of carbonyl (C=O) groups excluding carboxylic acids is 1. The second kappa shape index (κ2) is 8.24. The van der Waals surface area contributed by atoms with Crippen LogP contribution in [0.15, 0.2) is 12.1 Å². The van der Waals surface area contributed by atoms with Crippen LogP contribution in [0.2, 0.25) is 0 Å². The number of methoxy groups -OCH3 is 1. The number of fused-ring (bicyclic) bond motifs is 1. The maximum absolute atomic E-state index is 12.0. The number of carbonyl (C=O) groups is 1. The van der Waals surface area contributed by atoms with E-state index < -0.39 is 0 Å². The van der Waals surface area contributed by atoms with Crippen molar-refractivity contribution in [3.8, 4) is 17.2 Å². The van der Waals surface area contributed by atoms with Gasteiger partial charge in [0.05, 0.1) is 7.11 Å². The van der Waals surface area contributed by atoms with E-state index in [0.29, 0.717) is 37.7 Å². The first kappa shape index (κ1) is 16.9. The molecule has 1 fully saturated rings. The molecule has 2 heterocycles. The predicted octanol–water partition coefficient (Wildman–Crippen LogP) is 1.96. The zero-order chi connectivity index (χ0) is 16.8. The molecule has 6 nitrogen and oxygen atoms in total. The highest BCUT2D eigenvalue weighted by atomic mass is 16.6. The SMILES string of the molecule is COc1cc(CNCCN2CCCCCC2=O)cc2c1OCCO2. The van der Waals surface area contributed by atoms with Crippen molar-refractivity contribution in [1.82, 2.24) is 10.2 Å². The number of amides is 1. The normalized spacial score (nSPS) is 17.5. The molecule has 2 aliphatic heterocycles. The van der Waals surface area contributed by atoms with Gasteiger partial charge in [-0.15, -0.1) is 0 Å². The largest absolute Gasteiger partial charge is 0.493 e. The lowest BCUT2D eigenvalue weighted by atomic mass is 10.1. The fraction of sp³-hybridized carbons (Fsp3) is 0.611. The molecule has 0 atom stereocenters. The van der Waals surface area contributed by atoms with E-state index >= 15 is 0 Å². The number of hydrogen-bond donors (Lipinski definition) is 1. The molecule has 3 rings (SSSR count). The number of likely N-dealkylation sites (tertiary alicyclic amines) is 1. The fourth-order valence-electron chi connectivity index (χ4n) is 3.15. The lowest BCUT2D eigenvalue weighted by Crippen LogP contribution is -2.36. The van der Waals surface area contributed by atoms with Gasteiger partial charge in [-0.2, -0.15) is 0 Å². The molecular formula is C18H26N2O4.